The van der Waals surface area contributed by atoms with Gasteiger partial charge in [0.2, 0.25) is 0 Å². The molecule has 0 atom stereocenters. The number of nitrogens with zero attached hydrogens (tertiary/aromatic N) is 2. The van der Waals surface area contributed by atoms with Gasteiger partial charge in [-0.05, 0) is 69.2 Å². The number of methoxy groups -OCH3 is 1. The fourth-order valence-corrected chi connectivity index (χ4v) is 5.09. The van der Waals surface area contributed by atoms with E-state index in [0.717, 1.165) is 10.9 Å². The fourth-order valence-electron chi connectivity index (χ4n) is 5.09. The van der Waals surface area contributed by atoms with Gasteiger partial charge in [-0.25, -0.2) is 9.97 Å². The Morgan fingerprint density at radius 2 is 1.09 bits per heavy atom. The summed E-state index contributed by atoms with van der Waals surface area (Å²) < 4.78 is 26.5. The van der Waals surface area contributed by atoms with Crippen molar-refractivity contribution in [3.63, 3.8) is 0 Å². The summed E-state index contributed by atoms with van der Waals surface area (Å²) in [6.45, 7) is 6.42. The number of carbonyl (C=O) groups excluding carboxylic acids is 4. The standard InChI is InChI=1S/C35H36N2O9/c1-6-43-32(38)28(33(39)44-7-2)24-14-12-15-25(29(34(40)45-8-3)35(41)46-9-4)27(24)31-36-26-16-11-10-13-23(26)30(37-31)21-17-19-22(42-5)20-18-21/h10-20,28-29H,6-9H2,1-5H3. The van der Waals surface area contributed by atoms with Crippen LogP contribution in [0.1, 0.15) is 50.7 Å². The Balaban J connectivity index is 2.13. The second-order valence-electron chi connectivity index (χ2n) is 9.83. The minimum absolute atomic E-state index is 0.00781. The van der Waals surface area contributed by atoms with Crippen LogP contribution in [0.15, 0.2) is 66.7 Å². The van der Waals surface area contributed by atoms with Crippen molar-refractivity contribution in [3.8, 4) is 28.4 Å². The van der Waals surface area contributed by atoms with Crippen molar-refractivity contribution in [2.75, 3.05) is 33.5 Å². The fraction of sp³-hybridized carbons (Fsp3) is 0.314. The average molecular weight is 629 g/mol. The number of para-hydroxylation sites is 1. The molecule has 11 heteroatoms. The third-order valence-corrected chi connectivity index (χ3v) is 7.03. The largest absolute Gasteiger partial charge is 0.497 e. The molecule has 46 heavy (non-hydrogen) atoms. The molecule has 240 valence electrons. The zero-order valence-electron chi connectivity index (χ0n) is 26.4. The first kappa shape index (κ1) is 33.6. The maximum atomic E-state index is 13.4. The lowest BCUT2D eigenvalue weighted by Crippen LogP contribution is -2.29. The van der Waals surface area contributed by atoms with Crippen LogP contribution in [0.25, 0.3) is 33.5 Å². The number of esters is 4. The lowest BCUT2D eigenvalue weighted by Gasteiger charge is -2.23. The van der Waals surface area contributed by atoms with Gasteiger partial charge in [0.1, 0.15) is 5.75 Å². The number of aromatic nitrogens is 2. The minimum Gasteiger partial charge on any atom is -0.497 e. The highest BCUT2D eigenvalue weighted by molar-refractivity contribution is 6.06. The first-order valence-corrected chi connectivity index (χ1v) is 15.0. The smallest absolute Gasteiger partial charge is 0.324 e. The first-order chi connectivity index (χ1) is 22.3. The van der Waals surface area contributed by atoms with Crippen LogP contribution in [0.4, 0.5) is 0 Å². The Morgan fingerprint density at radius 1 is 0.609 bits per heavy atom. The lowest BCUT2D eigenvalue weighted by atomic mass is 9.85. The molecule has 0 bridgehead atoms. The summed E-state index contributed by atoms with van der Waals surface area (Å²) in [5.74, 6) is -5.98. The molecule has 4 aromatic rings. The van der Waals surface area contributed by atoms with E-state index in [4.69, 9.17) is 33.7 Å². The third-order valence-electron chi connectivity index (χ3n) is 7.03. The highest BCUT2D eigenvalue weighted by Crippen LogP contribution is 2.39. The van der Waals surface area contributed by atoms with Gasteiger partial charge in [0.05, 0.1) is 44.7 Å². The molecule has 11 nitrogen and oxygen atoms in total. The molecular weight excluding hydrogens is 592 g/mol. The van der Waals surface area contributed by atoms with Crippen LogP contribution in [0.5, 0.6) is 5.75 Å². The maximum absolute atomic E-state index is 13.4. The molecule has 0 aliphatic rings. The Bertz CT molecular complexity index is 1630. The van der Waals surface area contributed by atoms with Crippen LogP contribution >= 0.6 is 0 Å². The van der Waals surface area contributed by atoms with Crippen molar-refractivity contribution in [1.29, 1.82) is 0 Å². The molecule has 1 heterocycles. The molecule has 0 unspecified atom stereocenters. The number of hydrogen-bond donors (Lipinski definition) is 0. The molecule has 0 aliphatic heterocycles. The van der Waals surface area contributed by atoms with Gasteiger partial charge in [-0.15, -0.1) is 0 Å². The highest BCUT2D eigenvalue weighted by atomic mass is 16.6. The van der Waals surface area contributed by atoms with E-state index < -0.39 is 35.7 Å². The van der Waals surface area contributed by atoms with Crippen LogP contribution in [0.3, 0.4) is 0 Å². The highest BCUT2D eigenvalue weighted by Gasteiger charge is 2.40. The van der Waals surface area contributed by atoms with Crippen LogP contribution in [-0.2, 0) is 38.1 Å². The summed E-state index contributed by atoms with van der Waals surface area (Å²) in [5.41, 5.74) is 2.05. The van der Waals surface area contributed by atoms with E-state index in [1.807, 2.05) is 30.3 Å². The molecule has 0 amide bonds. The van der Waals surface area contributed by atoms with Crippen molar-refractivity contribution in [1.82, 2.24) is 9.97 Å². The molecule has 3 aromatic carbocycles. The van der Waals surface area contributed by atoms with E-state index in [0.29, 0.717) is 17.0 Å². The van der Waals surface area contributed by atoms with Crippen LogP contribution in [0.2, 0.25) is 0 Å². The molecule has 1 aromatic heterocycles. The Hall–Kier alpha value is -5.32. The molecule has 0 spiro atoms. The Kier molecular flexibility index (Phi) is 11.4. The van der Waals surface area contributed by atoms with E-state index in [2.05, 4.69) is 0 Å². The molecule has 0 radical (unpaired) electrons. The van der Waals surface area contributed by atoms with Gasteiger partial charge in [-0.2, -0.15) is 0 Å². The second-order valence-corrected chi connectivity index (χ2v) is 9.83. The van der Waals surface area contributed by atoms with Gasteiger partial charge in [0, 0.05) is 16.5 Å². The number of fused-ring (bicyclic) bond motifs is 1. The van der Waals surface area contributed by atoms with Crippen molar-refractivity contribution in [2.24, 2.45) is 0 Å². The summed E-state index contributed by atoms with van der Waals surface area (Å²) in [7, 11) is 1.57. The van der Waals surface area contributed by atoms with Gasteiger partial charge in [0.25, 0.3) is 0 Å². The van der Waals surface area contributed by atoms with E-state index in [9.17, 15) is 19.2 Å². The molecule has 0 fully saturated rings. The number of benzene rings is 3. The van der Waals surface area contributed by atoms with Crippen molar-refractivity contribution in [3.05, 3.63) is 77.9 Å². The number of carbonyl (C=O) groups is 4. The van der Waals surface area contributed by atoms with Crippen LogP contribution in [0, 0.1) is 0 Å². The summed E-state index contributed by atoms with van der Waals surface area (Å²) in [4.78, 5) is 63.4. The van der Waals surface area contributed by atoms with Gasteiger partial charge in [-0.3, -0.25) is 19.2 Å². The Labute approximate surface area is 266 Å². The topological polar surface area (TPSA) is 140 Å². The van der Waals surface area contributed by atoms with E-state index in [1.54, 1.807) is 53.0 Å². The lowest BCUT2D eigenvalue weighted by molar-refractivity contribution is -0.158. The van der Waals surface area contributed by atoms with Gasteiger partial charge in [-0.1, -0.05) is 36.4 Å². The minimum atomic E-state index is -1.58. The second kappa shape index (κ2) is 15.6. The number of rotatable bonds is 13. The molecule has 0 saturated carbocycles. The van der Waals surface area contributed by atoms with Crippen molar-refractivity contribution >= 4 is 34.8 Å². The van der Waals surface area contributed by atoms with Crippen molar-refractivity contribution < 1.29 is 42.9 Å². The quantitative estimate of drug-likeness (QED) is 0.107. The summed E-state index contributed by atoms with van der Waals surface area (Å²) in [6, 6.07) is 19.2. The summed E-state index contributed by atoms with van der Waals surface area (Å²) in [5, 5.41) is 0.718. The monoisotopic (exact) mass is 628 g/mol. The molecular formula is C35H36N2O9. The van der Waals surface area contributed by atoms with Crippen LogP contribution < -0.4 is 4.74 Å². The SMILES string of the molecule is CCOC(=O)C(C(=O)OCC)c1cccc(C(C(=O)OCC)C(=O)OCC)c1-c1nc(-c2ccc(OC)cc2)c2ccccc2n1. The average Bonchev–Trinajstić information content (AvgIpc) is 3.05. The molecule has 0 aliphatic carbocycles. The molecule has 4 rings (SSSR count). The zero-order chi connectivity index (χ0) is 33.2. The zero-order valence-corrected chi connectivity index (χ0v) is 26.4. The predicted molar refractivity (Wildman–Crippen MR) is 169 cm³/mol. The predicted octanol–water partition coefficient (Wildman–Crippen LogP) is 5.39. The molecule has 0 saturated heterocycles. The first-order valence-electron chi connectivity index (χ1n) is 15.0. The van der Waals surface area contributed by atoms with E-state index in [1.165, 1.54) is 18.2 Å². The Morgan fingerprint density at radius 3 is 1.54 bits per heavy atom. The normalized spacial score (nSPS) is 10.9. The molecule has 0 N–H and O–H groups in total. The van der Waals surface area contributed by atoms with Gasteiger partial charge < -0.3 is 23.7 Å². The summed E-state index contributed by atoms with van der Waals surface area (Å²) in [6.07, 6.45) is 0. The number of ether oxygens (including phenoxy) is 5. The third kappa shape index (κ3) is 7.14. The number of hydrogen-bond acceptors (Lipinski definition) is 11. The van der Waals surface area contributed by atoms with Crippen LogP contribution in [-0.4, -0.2) is 67.4 Å². The summed E-state index contributed by atoms with van der Waals surface area (Å²) >= 11 is 0. The van der Waals surface area contributed by atoms with E-state index in [-0.39, 0.29) is 48.9 Å². The van der Waals surface area contributed by atoms with E-state index >= 15 is 0 Å². The van der Waals surface area contributed by atoms with Crippen molar-refractivity contribution in [2.45, 2.75) is 39.5 Å². The van der Waals surface area contributed by atoms with Gasteiger partial charge >= 0.3 is 23.9 Å². The van der Waals surface area contributed by atoms with Gasteiger partial charge in [0.15, 0.2) is 17.7 Å². The maximum Gasteiger partial charge on any atom is 0.324 e.